The van der Waals surface area contributed by atoms with Gasteiger partial charge in [-0.1, -0.05) is 176 Å². The van der Waals surface area contributed by atoms with Crippen molar-refractivity contribution < 1.29 is 9.39 Å². The number of rotatable bonds is 6. The van der Waals surface area contributed by atoms with Gasteiger partial charge in [-0.05, 0) is 73.8 Å². The van der Waals surface area contributed by atoms with E-state index >= 15 is 0 Å². The summed E-state index contributed by atoms with van der Waals surface area (Å²) in [7, 11) is -2.84. The van der Waals surface area contributed by atoms with Crippen molar-refractivity contribution in [1.82, 2.24) is 4.57 Å². The normalized spacial score (nSPS) is 12.6. The van der Waals surface area contributed by atoms with E-state index < -0.39 is 8.07 Å². The van der Waals surface area contributed by atoms with Gasteiger partial charge in [-0.25, -0.2) is 0 Å². The summed E-state index contributed by atoms with van der Waals surface area (Å²) in [5.41, 5.74) is 10.0. The van der Waals surface area contributed by atoms with Gasteiger partial charge in [0.1, 0.15) is 17.2 Å². The Morgan fingerprint density at radius 1 is 0.407 bits per heavy atom. The van der Waals surface area contributed by atoms with Crippen molar-refractivity contribution in [3.63, 3.8) is 0 Å². The average molecular weight is 770 g/mol. The highest BCUT2D eigenvalue weighted by Gasteiger charge is 2.44. The van der Waals surface area contributed by atoms with E-state index in [1.54, 1.807) is 0 Å². The molecule has 0 amide bonds. The van der Waals surface area contributed by atoms with Crippen molar-refractivity contribution in [2.24, 2.45) is 0 Å². The summed E-state index contributed by atoms with van der Waals surface area (Å²) in [4.78, 5) is 0. The van der Waals surface area contributed by atoms with E-state index in [2.05, 4.69) is 211 Å². The van der Waals surface area contributed by atoms with Crippen LogP contribution in [0.4, 0.5) is 0 Å². The molecule has 10 aromatic rings. The zero-order valence-corrected chi connectivity index (χ0v) is 33.1. The first kappa shape index (κ1) is 33.8. The van der Waals surface area contributed by atoms with Crippen molar-refractivity contribution >= 4 is 68.5 Å². The molecule has 12 rings (SSSR count). The summed E-state index contributed by atoms with van der Waals surface area (Å²) in [6.45, 7) is -0.294. The number of benzene rings is 9. The Morgan fingerprint density at radius 3 is 1.63 bits per heavy atom. The van der Waals surface area contributed by atoms with E-state index in [4.69, 9.17) is 9.39 Å². The van der Waals surface area contributed by atoms with Crippen LogP contribution in [-0.4, -0.2) is 19.6 Å². The number of ether oxygens (including phenoxy) is 1. The average Bonchev–Trinajstić information content (AvgIpc) is 3.65. The lowest BCUT2D eigenvalue weighted by atomic mass is 9.51. The number of aromatic nitrogens is 1. The van der Waals surface area contributed by atoms with Crippen molar-refractivity contribution in [2.45, 2.75) is 0 Å². The summed E-state index contributed by atoms with van der Waals surface area (Å²) >= 11 is 0. The van der Waals surface area contributed by atoms with Crippen LogP contribution in [0, 0.1) is 0 Å². The van der Waals surface area contributed by atoms with Crippen LogP contribution < -0.4 is 41.1 Å². The van der Waals surface area contributed by atoms with Crippen LogP contribution in [0.1, 0.15) is 0 Å². The molecule has 5 heteroatoms. The first-order chi connectivity index (χ1) is 29.3. The minimum atomic E-state index is -2.84. The van der Waals surface area contributed by atoms with Gasteiger partial charge in [-0.15, -0.1) is 0 Å². The Kier molecular flexibility index (Phi) is 7.65. The molecule has 1 aromatic heterocycles. The van der Waals surface area contributed by atoms with Gasteiger partial charge in [0.2, 0.25) is 0 Å². The predicted octanol–water partition coefficient (Wildman–Crippen LogP) is 9.10. The summed E-state index contributed by atoms with van der Waals surface area (Å²) in [6.07, 6.45) is 0. The van der Waals surface area contributed by atoms with E-state index in [1.807, 2.05) is 12.1 Å². The highest BCUT2D eigenvalue weighted by molar-refractivity contribution is 7.20. The molecule has 0 N–H and O–H groups in total. The van der Waals surface area contributed by atoms with E-state index in [0.717, 1.165) is 61.6 Å². The Labute approximate surface area is 344 Å². The second-order valence-electron chi connectivity index (χ2n) is 15.5. The van der Waals surface area contributed by atoms with Crippen molar-refractivity contribution in [3.05, 3.63) is 218 Å². The minimum Gasteiger partial charge on any atom is -0.551 e. The summed E-state index contributed by atoms with van der Waals surface area (Å²) < 4.78 is 16.3. The molecule has 2 aliphatic rings. The van der Waals surface area contributed by atoms with E-state index in [9.17, 15) is 0 Å². The quantitative estimate of drug-likeness (QED) is 0.125. The molecular formula is C54H36BNO2Si. The van der Waals surface area contributed by atoms with Crippen molar-refractivity contribution in [2.75, 3.05) is 0 Å². The molecule has 3 heterocycles. The molecule has 0 atom stereocenters. The van der Waals surface area contributed by atoms with Gasteiger partial charge in [0.25, 0.3) is 0 Å². The van der Waals surface area contributed by atoms with Gasteiger partial charge in [0.15, 0.2) is 8.07 Å². The van der Waals surface area contributed by atoms with Crippen LogP contribution in [0.3, 0.4) is 0 Å². The molecule has 0 aliphatic carbocycles. The molecule has 0 radical (unpaired) electrons. The highest BCUT2D eigenvalue weighted by Crippen LogP contribution is 2.43. The lowest BCUT2D eigenvalue weighted by Crippen LogP contribution is -2.75. The van der Waals surface area contributed by atoms with Crippen LogP contribution in [0.2, 0.25) is 0 Å². The van der Waals surface area contributed by atoms with Crippen molar-refractivity contribution in [3.8, 4) is 45.2 Å². The SMILES string of the molecule is c1ccc([Si](c2ccccc2)(c2ccccc2)c2ccccc2-c2ccc3c(c2)-c2cc(-n4c5ccccc5c5ccccc54)cc4c2B(O3)c2ccccc2O4)cc1. The highest BCUT2D eigenvalue weighted by atomic mass is 28.3. The largest absolute Gasteiger partial charge is 0.551 e. The number of hydrogen-bond acceptors (Lipinski definition) is 2. The first-order valence-corrected chi connectivity index (χ1v) is 22.3. The molecule has 0 saturated heterocycles. The molecule has 0 unspecified atom stereocenters. The number of hydrogen-bond donors (Lipinski definition) is 0. The van der Waals surface area contributed by atoms with Gasteiger partial charge >= 0.3 is 6.92 Å². The Bertz CT molecular complexity index is 3090. The molecule has 0 saturated carbocycles. The topological polar surface area (TPSA) is 23.4 Å². The lowest BCUT2D eigenvalue weighted by molar-refractivity contribution is 0.479. The maximum atomic E-state index is 7.06. The van der Waals surface area contributed by atoms with Crippen LogP contribution in [-0.2, 0) is 0 Å². The molecule has 9 aromatic carbocycles. The van der Waals surface area contributed by atoms with Gasteiger partial charge in [0.05, 0.1) is 16.7 Å². The summed E-state index contributed by atoms with van der Waals surface area (Å²) in [5.74, 6) is 2.51. The van der Waals surface area contributed by atoms with Crippen molar-refractivity contribution in [1.29, 1.82) is 0 Å². The molecule has 3 nitrogen and oxygen atoms in total. The second-order valence-corrected chi connectivity index (χ2v) is 19.3. The molecule has 276 valence electrons. The monoisotopic (exact) mass is 769 g/mol. The molecular weight excluding hydrogens is 733 g/mol. The predicted molar refractivity (Wildman–Crippen MR) is 247 cm³/mol. The fraction of sp³-hybridized carbons (Fsp3) is 0. The van der Waals surface area contributed by atoms with Crippen LogP contribution in [0.15, 0.2) is 218 Å². The standard InChI is InChI=1S/C54H36BNO2Si/c1-4-18-39(19-5-1)59(40-20-6-2-7-21-40,41-22-8-3-9-23-41)53-31-17-12-24-42(53)37-32-33-50-45(34-37)46-35-38(36-52-54(46)55(58-50)47-27-13-16-30-51(47)57-52)56-48-28-14-10-25-43(48)44-26-11-15-29-49(44)56/h1-36H. The third-order valence-electron chi connectivity index (χ3n) is 12.4. The molecule has 2 aliphatic heterocycles. The molecule has 0 bridgehead atoms. The second kappa shape index (κ2) is 13.4. The third-order valence-corrected chi connectivity index (χ3v) is 17.3. The zero-order chi connectivity index (χ0) is 38.9. The van der Waals surface area contributed by atoms with Crippen LogP contribution in [0.5, 0.6) is 17.2 Å². The fourth-order valence-corrected chi connectivity index (χ4v) is 14.9. The lowest BCUT2D eigenvalue weighted by Gasteiger charge is -2.36. The van der Waals surface area contributed by atoms with E-state index in [1.165, 1.54) is 37.1 Å². The third kappa shape index (κ3) is 5.08. The maximum absolute atomic E-state index is 7.06. The Morgan fingerprint density at radius 2 is 0.966 bits per heavy atom. The van der Waals surface area contributed by atoms with Gasteiger partial charge < -0.3 is 14.0 Å². The zero-order valence-electron chi connectivity index (χ0n) is 32.1. The Hall–Kier alpha value is -7.34. The smallest absolute Gasteiger partial charge is 0.434 e. The fourth-order valence-electron chi connectivity index (χ4n) is 9.94. The molecule has 59 heavy (non-hydrogen) atoms. The van der Waals surface area contributed by atoms with Gasteiger partial charge in [-0.3, -0.25) is 0 Å². The number of nitrogens with zero attached hydrogens (tertiary/aromatic N) is 1. The van der Waals surface area contributed by atoms with Gasteiger partial charge in [-0.2, -0.15) is 0 Å². The first-order valence-electron chi connectivity index (χ1n) is 20.3. The molecule has 0 spiro atoms. The summed E-state index contributed by atoms with van der Waals surface area (Å²) in [6, 6.07) is 79.5. The van der Waals surface area contributed by atoms with E-state index in [0.29, 0.717) is 0 Å². The summed E-state index contributed by atoms with van der Waals surface area (Å²) in [5, 5.41) is 7.83. The van der Waals surface area contributed by atoms with E-state index in [-0.39, 0.29) is 6.92 Å². The minimum absolute atomic E-state index is 0.294. The van der Waals surface area contributed by atoms with Crippen LogP contribution in [0.25, 0.3) is 49.7 Å². The van der Waals surface area contributed by atoms with Crippen LogP contribution >= 0.6 is 0 Å². The maximum Gasteiger partial charge on any atom is 0.434 e. The number of para-hydroxylation sites is 3. The Balaban J connectivity index is 1.12. The molecule has 0 fully saturated rings. The van der Waals surface area contributed by atoms with Gasteiger partial charge in [0, 0.05) is 33.3 Å². The number of fused-ring (bicyclic) bond motifs is 7.